The van der Waals surface area contributed by atoms with Crippen LogP contribution in [-0.4, -0.2) is 21.6 Å². The number of methoxy groups -OCH3 is 1. The van der Waals surface area contributed by atoms with Gasteiger partial charge in [0, 0.05) is 15.6 Å². The van der Waals surface area contributed by atoms with Crippen LogP contribution >= 0.6 is 39.1 Å². The van der Waals surface area contributed by atoms with E-state index in [9.17, 15) is 0 Å². The van der Waals surface area contributed by atoms with Gasteiger partial charge in [0.2, 0.25) is 5.88 Å². The Morgan fingerprint density at radius 1 is 1.24 bits per heavy atom. The van der Waals surface area contributed by atoms with Gasteiger partial charge >= 0.3 is 0 Å². The molecular formula is C14H10BrCl2N3O. The Hall–Kier alpha value is -1.30. The lowest BCUT2D eigenvalue weighted by molar-refractivity contribution is 0.399. The van der Waals surface area contributed by atoms with Gasteiger partial charge in [-0.15, -0.1) is 11.6 Å². The second-order valence-corrected chi connectivity index (χ2v) is 5.85. The molecule has 2 heterocycles. The predicted octanol–water partition coefficient (Wildman–Crippen LogP) is 4.58. The molecule has 0 saturated carbocycles. The van der Waals surface area contributed by atoms with Gasteiger partial charge in [-0.25, -0.2) is 4.98 Å². The zero-order chi connectivity index (χ0) is 15.0. The summed E-state index contributed by atoms with van der Waals surface area (Å²) in [5.41, 5.74) is 2.26. The number of halogens is 3. The van der Waals surface area contributed by atoms with Crippen LogP contribution in [0, 0.1) is 0 Å². The summed E-state index contributed by atoms with van der Waals surface area (Å²) < 4.78 is 7.94. The second-order valence-electron chi connectivity index (χ2n) is 4.29. The molecule has 7 heteroatoms. The van der Waals surface area contributed by atoms with Gasteiger partial charge in [0.15, 0.2) is 5.65 Å². The summed E-state index contributed by atoms with van der Waals surface area (Å²) in [6.45, 7) is 0. The van der Waals surface area contributed by atoms with Gasteiger partial charge in [-0.1, -0.05) is 11.6 Å². The van der Waals surface area contributed by atoms with Crippen molar-refractivity contribution in [3.05, 3.63) is 45.7 Å². The number of benzene rings is 1. The number of aromatic nitrogens is 3. The van der Waals surface area contributed by atoms with Gasteiger partial charge in [0.05, 0.1) is 18.7 Å². The molecule has 0 fully saturated rings. The molecule has 0 atom stereocenters. The van der Waals surface area contributed by atoms with E-state index in [4.69, 9.17) is 27.9 Å². The number of hydrogen-bond acceptors (Lipinski definition) is 3. The average molecular weight is 387 g/mol. The van der Waals surface area contributed by atoms with E-state index in [1.165, 1.54) is 0 Å². The summed E-state index contributed by atoms with van der Waals surface area (Å²) in [4.78, 5) is 8.97. The quantitative estimate of drug-likeness (QED) is 0.618. The molecule has 0 aliphatic rings. The zero-order valence-corrected chi connectivity index (χ0v) is 14.1. The van der Waals surface area contributed by atoms with E-state index in [2.05, 4.69) is 25.9 Å². The van der Waals surface area contributed by atoms with Crippen LogP contribution in [0.1, 0.15) is 5.82 Å². The third-order valence-corrected chi connectivity index (χ3v) is 4.17. The minimum absolute atomic E-state index is 0.262. The van der Waals surface area contributed by atoms with Crippen molar-refractivity contribution < 1.29 is 4.74 Å². The van der Waals surface area contributed by atoms with Crippen molar-refractivity contribution in [3.8, 4) is 11.6 Å². The van der Waals surface area contributed by atoms with Crippen LogP contribution in [0.3, 0.4) is 0 Å². The summed E-state index contributed by atoms with van der Waals surface area (Å²) in [6, 6.07) is 9.14. The third-order valence-electron chi connectivity index (χ3n) is 3.03. The fourth-order valence-electron chi connectivity index (χ4n) is 2.10. The minimum atomic E-state index is 0.262. The highest BCUT2D eigenvalue weighted by atomic mass is 79.9. The zero-order valence-electron chi connectivity index (χ0n) is 11.0. The topological polar surface area (TPSA) is 39.9 Å². The van der Waals surface area contributed by atoms with Gasteiger partial charge in [0.1, 0.15) is 11.3 Å². The molecule has 0 aliphatic heterocycles. The summed E-state index contributed by atoms with van der Waals surface area (Å²) in [5.74, 6) is 1.47. The minimum Gasteiger partial charge on any atom is -0.481 e. The normalized spacial score (nSPS) is 11.0. The maximum absolute atomic E-state index is 6.11. The molecule has 0 N–H and O–H groups in total. The standard InChI is InChI=1S/C14H10BrCl2N3O/c1-21-13-5-4-10-14(19-13)20(12(7-16)18-10)11-6-8(17)2-3-9(11)15/h2-6H,7H2,1H3. The largest absolute Gasteiger partial charge is 0.481 e. The van der Waals surface area contributed by atoms with Crippen molar-refractivity contribution in [2.75, 3.05) is 7.11 Å². The number of ether oxygens (including phenoxy) is 1. The third kappa shape index (κ3) is 2.61. The number of fused-ring (bicyclic) bond motifs is 1. The lowest BCUT2D eigenvalue weighted by atomic mass is 10.3. The molecule has 21 heavy (non-hydrogen) atoms. The Balaban J connectivity index is 2.36. The first-order valence-corrected chi connectivity index (χ1v) is 7.78. The maximum Gasteiger partial charge on any atom is 0.215 e. The van der Waals surface area contributed by atoms with Crippen LogP contribution in [0.5, 0.6) is 5.88 Å². The first-order chi connectivity index (χ1) is 10.1. The van der Waals surface area contributed by atoms with Crippen LogP contribution in [0.15, 0.2) is 34.8 Å². The molecule has 3 rings (SSSR count). The fraction of sp³-hybridized carbons (Fsp3) is 0.143. The number of alkyl halides is 1. The molecular weight excluding hydrogens is 377 g/mol. The van der Waals surface area contributed by atoms with E-state index in [0.29, 0.717) is 22.4 Å². The summed E-state index contributed by atoms with van der Waals surface area (Å²) in [5, 5.41) is 0.624. The molecule has 0 amide bonds. The van der Waals surface area contributed by atoms with Crippen molar-refractivity contribution in [2.24, 2.45) is 0 Å². The van der Waals surface area contributed by atoms with Crippen molar-refractivity contribution in [3.63, 3.8) is 0 Å². The predicted molar refractivity (Wildman–Crippen MR) is 87.7 cm³/mol. The van der Waals surface area contributed by atoms with E-state index in [0.717, 1.165) is 15.7 Å². The van der Waals surface area contributed by atoms with Crippen LogP contribution in [-0.2, 0) is 5.88 Å². The van der Waals surface area contributed by atoms with E-state index in [1.807, 2.05) is 28.8 Å². The summed E-state index contributed by atoms with van der Waals surface area (Å²) >= 11 is 15.7. The molecule has 0 saturated heterocycles. The highest BCUT2D eigenvalue weighted by Crippen LogP contribution is 2.30. The van der Waals surface area contributed by atoms with Gasteiger partial charge in [-0.2, -0.15) is 4.98 Å². The van der Waals surface area contributed by atoms with E-state index in [-0.39, 0.29) is 5.88 Å². The number of hydrogen-bond donors (Lipinski definition) is 0. The Morgan fingerprint density at radius 2 is 2.05 bits per heavy atom. The Bertz CT molecular complexity index is 819. The summed E-state index contributed by atoms with van der Waals surface area (Å²) in [7, 11) is 1.58. The molecule has 1 aromatic carbocycles. The van der Waals surface area contributed by atoms with E-state index in [1.54, 1.807) is 13.2 Å². The highest BCUT2D eigenvalue weighted by Gasteiger charge is 2.16. The SMILES string of the molecule is COc1ccc2nc(CCl)n(-c3cc(Cl)ccc3Br)c2n1. The monoisotopic (exact) mass is 385 g/mol. The van der Waals surface area contributed by atoms with Crippen LogP contribution in [0.4, 0.5) is 0 Å². The summed E-state index contributed by atoms with van der Waals surface area (Å²) in [6.07, 6.45) is 0. The molecule has 0 unspecified atom stereocenters. The first-order valence-electron chi connectivity index (χ1n) is 6.08. The number of pyridine rings is 1. The number of imidazole rings is 1. The molecule has 0 bridgehead atoms. The van der Waals surface area contributed by atoms with Crippen molar-refractivity contribution >= 4 is 50.3 Å². The van der Waals surface area contributed by atoms with Crippen LogP contribution < -0.4 is 4.74 Å². The molecule has 0 aliphatic carbocycles. The Labute approximate surface area is 139 Å². The lowest BCUT2D eigenvalue weighted by Crippen LogP contribution is -2.02. The molecule has 108 valence electrons. The van der Waals surface area contributed by atoms with Crippen LogP contribution in [0.2, 0.25) is 5.02 Å². The average Bonchev–Trinajstić information content (AvgIpc) is 2.87. The van der Waals surface area contributed by atoms with Gasteiger partial charge in [-0.3, -0.25) is 4.57 Å². The van der Waals surface area contributed by atoms with Crippen molar-refractivity contribution in [1.82, 2.24) is 14.5 Å². The van der Waals surface area contributed by atoms with Gasteiger partial charge in [-0.05, 0) is 40.2 Å². The smallest absolute Gasteiger partial charge is 0.215 e. The molecule has 4 nitrogen and oxygen atoms in total. The molecule has 3 aromatic rings. The van der Waals surface area contributed by atoms with Crippen molar-refractivity contribution in [1.29, 1.82) is 0 Å². The van der Waals surface area contributed by atoms with Gasteiger partial charge in [0.25, 0.3) is 0 Å². The van der Waals surface area contributed by atoms with Crippen LogP contribution in [0.25, 0.3) is 16.9 Å². The fourth-order valence-corrected chi connectivity index (χ4v) is 2.87. The Kier molecular flexibility index (Phi) is 4.06. The second kappa shape index (κ2) is 5.83. The molecule has 2 aromatic heterocycles. The maximum atomic E-state index is 6.11. The molecule has 0 spiro atoms. The number of nitrogens with zero attached hydrogens (tertiary/aromatic N) is 3. The lowest BCUT2D eigenvalue weighted by Gasteiger charge is -2.10. The van der Waals surface area contributed by atoms with Crippen molar-refractivity contribution in [2.45, 2.75) is 5.88 Å². The van der Waals surface area contributed by atoms with E-state index >= 15 is 0 Å². The first kappa shape index (κ1) is 14.6. The Morgan fingerprint density at radius 3 is 2.76 bits per heavy atom. The van der Waals surface area contributed by atoms with Gasteiger partial charge < -0.3 is 4.74 Å². The number of rotatable bonds is 3. The highest BCUT2D eigenvalue weighted by molar-refractivity contribution is 9.10. The molecule has 0 radical (unpaired) electrons. The van der Waals surface area contributed by atoms with E-state index < -0.39 is 0 Å².